The largest absolute Gasteiger partial charge is 0.369 e. The first-order valence-corrected chi connectivity index (χ1v) is 8.60. The van der Waals surface area contributed by atoms with Crippen LogP contribution >= 0.6 is 11.3 Å². The van der Waals surface area contributed by atoms with Crippen LogP contribution in [-0.2, 0) is 0 Å². The Balaban J connectivity index is 1.64. The molecule has 3 rings (SSSR count). The minimum atomic E-state index is -0.541. The number of nitrogens with one attached hydrogen (secondary N) is 1. The summed E-state index contributed by atoms with van der Waals surface area (Å²) in [5, 5.41) is 4.57. The fraction of sp³-hybridized carbons (Fsp3) is 0.294. The minimum absolute atomic E-state index is 0.0198. The number of primary amides is 1. The average molecular weight is 347 g/mol. The molecule has 2 heterocycles. The van der Waals surface area contributed by atoms with Crippen LogP contribution in [0.3, 0.4) is 0 Å². The first-order valence-electron chi connectivity index (χ1n) is 7.72. The van der Waals surface area contributed by atoms with E-state index in [-0.39, 0.29) is 17.8 Å². The van der Waals surface area contributed by atoms with Gasteiger partial charge in [-0.2, -0.15) is 0 Å². The number of nitrogens with zero attached hydrogens (tertiary/aromatic N) is 1. The molecule has 0 saturated carbocycles. The molecule has 1 saturated heterocycles. The smallest absolute Gasteiger partial charge is 0.261 e. The van der Waals surface area contributed by atoms with Crippen LogP contribution in [-0.4, -0.2) is 30.9 Å². The Hall–Kier alpha value is -2.41. The van der Waals surface area contributed by atoms with E-state index >= 15 is 0 Å². The Kier molecular flexibility index (Phi) is 4.80. The lowest BCUT2D eigenvalue weighted by Gasteiger charge is -2.34. The summed E-state index contributed by atoms with van der Waals surface area (Å²) < 4.78 is 13.4. The van der Waals surface area contributed by atoms with Gasteiger partial charge < -0.3 is 16.0 Å². The molecule has 24 heavy (non-hydrogen) atoms. The monoisotopic (exact) mass is 347 g/mol. The summed E-state index contributed by atoms with van der Waals surface area (Å²) in [5.74, 6) is -1.02. The number of thiophene rings is 1. The molecule has 0 unspecified atom stereocenters. The van der Waals surface area contributed by atoms with Crippen molar-refractivity contribution in [3.05, 3.63) is 52.0 Å². The molecule has 3 N–H and O–H groups in total. The SMILES string of the molecule is NC(=O)c1csc(C(=O)N[C@@H]2CCCN(c3cccc(F)c3)C2)c1. The molecular weight excluding hydrogens is 329 g/mol. The second-order valence-corrected chi connectivity index (χ2v) is 6.71. The van der Waals surface area contributed by atoms with Crippen molar-refractivity contribution in [2.24, 2.45) is 5.73 Å². The van der Waals surface area contributed by atoms with Gasteiger partial charge in [-0.25, -0.2) is 4.39 Å². The van der Waals surface area contributed by atoms with Gasteiger partial charge in [0.15, 0.2) is 0 Å². The molecule has 1 aromatic heterocycles. The van der Waals surface area contributed by atoms with Crippen LogP contribution in [0.25, 0.3) is 0 Å². The summed E-state index contributed by atoms with van der Waals surface area (Å²) >= 11 is 1.20. The van der Waals surface area contributed by atoms with Crippen molar-refractivity contribution >= 4 is 28.8 Å². The third-order valence-electron chi connectivity index (χ3n) is 4.04. The number of carbonyl (C=O) groups excluding carboxylic acids is 2. The zero-order valence-electron chi connectivity index (χ0n) is 13.0. The lowest BCUT2D eigenvalue weighted by atomic mass is 10.0. The fourth-order valence-electron chi connectivity index (χ4n) is 2.84. The molecule has 2 amide bonds. The highest BCUT2D eigenvalue weighted by Gasteiger charge is 2.23. The number of carbonyl (C=O) groups is 2. The van der Waals surface area contributed by atoms with Crippen LogP contribution < -0.4 is 16.0 Å². The number of halogens is 1. The van der Waals surface area contributed by atoms with E-state index in [2.05, 4.69) is 10.2 Å². The van der Waals surface area contributed by atoms with Crippen molar-refractivity contribution < 1.29 is 14.0 Å². The molecule has 1 atom stereocenters. The first kappa shape index (κ1) is 16.4. The maximum atomic E-state index is 13.4. The van der Waals surface area contributed by atoms with Crippen LogP contribution in [0.1, 0.15) is 32.9 Å². The predicted octanol–water partition coefficient (Wildman–Crippen LogP) is 2.38. The van der Waals surface area contributed by atoms with Gasteiger partial charge in [-0.1, -0.05) is 6.07 Å². The third kappa shape index (κ3) is 3.73. The predicted molar refractivity (Wildman–Crippen MR) is 91.9 cm³/mol. The number of anilines is 1. The lowest BCUT2D eigenvalue weighted by Crippen LogP contribution is -2.47. The van der Waals surface area contributed by atoms with E-state index in [4.69, 9.17) is 5.73 Å². The number of hydrogen-bond donors (Lipinski definition) is 2. The van der Waals surface area contributed by atoms with Crippen LogP contribution in [0.4, 0.5) is 10.1 Å². The van der Waals surface area contributed by atoms with Gasteiger partial charge in [0.25, 0.3) is 5.91 Å². The quantitative estimate of drug-likeness (QED) is 0.892. The van der Waals surface area contributed by atoms with Gasteiger partial charge >= 0.3 is 0 Å². The summed E-state index contributed by atoms with van der Waals surface area (Å²) in [4.78, 5) is 26.0. The van der Waals surface area contributed by atoms with Crippen molar-refractivity contribution in [1.29, 1.82) is 0 Å². The van der Waals surface area contributed by atoms with Gasteiger partial charge in [-0.3, -0.25) is 9.59 Å². The van der Waals surface area contributed by atoms with Gasteiger partial charge in [0.2, 0.25) is 5.91 Å². The summed E-state index contributed by atoms with van der Waals surface area (Å²) in [7, 11) is 0. The number of benzene rings is 1. The second-order valence-electron chi connectivity index (χ2n) is 5.80. The van der Waals surface area contributed by atoms with Gasteiger partial charge in [0, 0.05) is 30.2 Å². The highest BCUT2D eigenvalue weighted by Crippen LogP contribution is 2.21. The zero-order valence-corrected chi connectivity index (χ0v) is 13.8. The zero-order chi connectivity index (χ0) is 17.1. The summed E-state index contributed by atoms with van der Waals surface area (Å²) in [5.41, 5.74) is 6.37. The number of rotatable bonds is 4. The van der Waals surface area contributed by atoms with Crippen LogP contribution in [0.15, 0.2) is 35.7 Å². The van der Waals surface area contributed by atoms with Crippen molar-refractivity contribution in [2.45, 2.75) is 18.9 Å². The van der Waals surface area contributed by atoms with Crippen LogP contribution in [0.2, 0.25) is 0 Å². The number of amides is 2. The maximum Gasteiger partial charge on any atom is 0.261 e. The van der Waals surface area contributed by atoms with Crippen molar-refractivity contribution in [1.82, 2.24) is 5.32 Å². The van der Waals surface area contributed by atoms with Crippen LogP contribution in [0, 0.1) is 5.82 Å². The average Bonchev–Trinajstić information content (AvgIpc) is 3.05. The Morgan fingerprint density at radius 2 is 2.17 bits per heavy atom. The molecule has 126 valence electrons. The summed E-state index contributed by atoms with van der Waals surface area (Å²) in [6.07, 6.45) is 1.78. The normalized spacial score (nSPS) is 17.5. The van der Waals surface area contributed by atoms with Crippen molar-refractivity contribution in [2.75, 3.05) is 18.0 Å². The number of nitrogens with two attached hydrogens (primary N) is 1. The third-order valence-corrected chi connectivity index (χ3v) is 4.97. The lowest BCUT2D eigenvalue weighted by molar-refractivity contribution is 0.0937. The number of hydrogen-bond acceptors (Lipinski definition) is 4. The fourth-order valence-corrected chi connectivity index (χ4v) is 3.64. The highest BCUT2D eigenvalue weighted by molar-refractivity contribution is 7.12. The molecule has 1 aliphatic rings. The molecule has 0 aliphatic carbocycles. The van der Waals surface area contributed by atoms with Crippen molar-refractivity contribution in [3.8, 4) is 0 Å². The molecule has 1 aromatic carbocycles. The molecule has 0 bridgehead atoms. The minimum Gasteiger partial charge on any atom is -0.369 e. The van der Waals surface area contributed by atoms with E-state index in [1.807, 2.05) is 6.07 Å². The van der Waals surface area contributed by atoms with E-state index in [1.54, 1.807) is 11.4 Å². The highest BCUT2D eigenvalue weighted by atomic mass is 32.1. The second kappa shape index (κ2) is 7.00. The molecule has 1 aliphatic heterocycles. The van der Waals surface area contributed by atoms with Gasteiger partial charge in [0.05, 0.1) is 10.4 Å². The van der Waals surface area contributed by atoms with E-state index in [0.717, 1.165) is 25.1 Å². The molecule has 5 nitrogen and oxygen atoms in total. The van der Waals surface area contributed by atoms with Crippen molar-refractivity contribution in [3.63, 3.8) is 0 Å². The Morgan fingerprint density at radius 1 is 1.33 bits per heavy atom. The number of piperidine rings is 1. The topological polar surface area (TPSA) is 75.4 Å². The standard InChI is InChI=1S/C17H18FN3O2S/c18-12-3-1-5-14(8-12)21-6-2-4-13(9-21)20-17(23)15-7-11(10-24-15)16(19)22/h1,3,5,7-8,10,13H,2,4,6,9H2,(H2,19,22)(H,20,23)/t13-/m1/s1. The van der Waals surface area contributed by atoms with E-state index in [9.17, 15) is 14.0 Å². The Bertz CT molecular complexity index is 762. The summed E-state index contributed by atoms with van der Waals surface area (Å²) in [6.45, 7) is 1.46. The van der Waals surface area contributed by atoms with E-state index < -0.39 is 5.91 Å². The van der Waals surface area contributed by atoms with E-state index in [1.165, 1.54) is 29.5 Å². The molecule has 0 spiro atoms. The molecule has 2 aromatic rings. The Morgan fingerprint density at radius 3 is 2.88 bits per heavy atom. The molecule has 1 fully saturated rings. The first-order chi connectivity index (χ1) is 11.5. The molecule has 0 radical (unpaired) electrons. The Labute approximate surface area is 143 Å². The van der Waals surface area contributed by atoms with Crippen LogP contribution in [0.5, 0.6) is 0 Å². The van der Waals surface area contributed by atoms with E-state index in [0.29, 0.717) is 17.0 Å². The van der Waals surface area contributed by atoms with Gasteiger partial charge in [-0.05, 0) is 37.1 Å². The van der Waals surface area contributed by atoms with Gasteiger partial charge in [0.1, 0.15) is 5.82 Å². The van der Waals surface area contributed by atoms with Gasteiger partial charge in [-0.15, -0.1) is 11.3 Å². The molecular formula is C17H18FN3O2S. The summed E-state index contributed by atoms with van der Waals surface area (Å²) in [6, 6.07) is 7.96. The maximum absolute atomic E-state index is 13.4. The molecule has 7 heteroatoms.